The molecule has 1 nitrogen and oxygen atoms in total. The molecule has 0 aromatic heterocycles. The van der Waals surface area contributed by atoms with E-state index in [-0.39, 0.29) is 17.0 Å². The van der Waals surface area contributed by atoms with Crippen molar-refractivity contribution in [3.63, 3.8) is 0 Å². The van der Waals surface area contributed by atoms with Crippen LogP contribution in [0.2, 0.25) is 0 Å². The smallest absolute Gasteiger partial charge is 0.165 e. The van der Waals surface area contributed by atoms with Gasteiger partial charge in [-0.3, -0.25) is 0 Å². The van der Waals surface area contributed by atoms with Gasteiger partial charge in [-0.2, -0.15) is 0 Å². The number of para-hydroxylation sites is 1. The minimum Gasteiger partial charge on any atom is -0.454 e. The van der Waals surface area contributed by atoms with E-state index in [2.05, 4.69) is 44.7 Å². The maximum atomic E-state index is 14.1. The first-order valence-electron chi connectivity index (χ1n) is 10.2. The molecule has 3 aromatic carbocycles. The number of hydrogen-bond acceptors (Lipinski definition) is 1. The summed E-state index contributed by atoms with van der Waals surface area (Å²) in [5, 5.41) is 0. The molecule has 3 aromatic rings. The molecule has 150 valence electrons. The van der Waals surface area contributed by atoms with Crippen molar-refractivity contribution in [1.82, 2.24) is 0 Å². The molecular formula is C27H29FO. The van der Waals surface area contributed by atoms with Crippen molar-refractivity contribution in [3.05, 3.63) is 108 Å². The number of ether oxygens (including phenoxy) is 1. The molecule has 0 aliphatic heterocycles. The Balaban J connectivity index is 1.60. The van der Waals surface area contributed by atoms with Crippen LogP contribution in [0.1, 0.15) is 43.4 Å². The van der Waals surface area contributed by atoms with Crippen molar-refractivity contribution < 1.29 is 9.13 Å². The summed E-state index contributed by atoms with van der Waals surface area (Å²) < 4.78 is 19.9. The molecule has 0 saturated carbocycles. The maximum Gasteiger partial charge on any atom is 0.165 e. The van der Waals surface area contributed by atoms with Gasteiger partial charge in [0, 0.05) is 0 Å². The van der Waals surface area contributed by atoms with E-state index >= 15 is 0 Å². The Hall–Kier alpha value is -2.87. The number of allylic oxidation sites excluding steroid dienone is 1. The summed E-state index contributed by atoms with van der Waals surface area (Å²) >= 11 is 0. The molecule has 0 fully saturated rings. The normalized spacial score (nSPS) is 11.3. The first kappa shape index (κ1) is 20.9. The van der Waals surface area contributed by atoms with Gasteiger partial charge in [0.05, 0.1) is 0 Å². The van der Waals surface area contributed by atoms with Gasteiger partial charge in [0.25, 0.3) is 0 Å². The van der Waals surface area contributed by atoms with Crippen LogP contribution in [0, 0.1) is 5.82 Å². The fraction of sp³-hybridized carbons (Fsp3) is 0.259. The van der Waals surface area contributed by atoms with Crippen LogP contribution < -0.4 is 4.74 Å². The molecule has 0 N–H and O–H groups in total. The lowest BCUT2D eigenvalue weighted by molar-refractivity contribution is 0.439. The molecule has 0 spiro atoms. The van der Waals surface area contributed by atoms with Gasteiger partial charge in [-0.05, 0) is 72.1 Å². The highest BCUT2D eigenvalue weighted by Crippen LogP contribution is 2.30. The fourth-order valence-electron chi connectivity index (χ4n) is 3.53. The first-order valence-corrected chi connectivity index (χ1v) is 10.2. The summed E-state index contributed by atoms with van der Waals surface area (Å²) in [6, 6.07) is 23.3. The second-order valence-electron chi connectivity index (χ2n) is 8.11. The number of hydrogen-bond donors (Lipinski definition) is 0. The largest absolute Gasteiger partial charge is 0.454 e. The zero-order chi connectivity index (χ0) is 20.7. The topological polar surface area (TPSA) is 9.23 Å². The zero-order valence-electron chi connectivity index (χ0n) is 17.3. The summed E-state index contributed by atoms with van der Waals surface area (Å²) in [5.74, 6) is 0.591. The van der Waals surface area contributed by atoms with Crippen LogP contribution in [0.3, 0.4) is 0 Å². The third-order valence-electron chi connectivity index (χ3n) is 5.35. The Bertz CT molecular complexity index is 927. The van der Waals surface area contributed by atoms with Crippen LogP contribution in [-0.2, 0) is 18.3 Å². The Kier molecular flexibility index (Phi) is 6.87. The molecule has 0 aliphatic rings. The SMILES string of the molecule is C=CCc1ccc(C(C)(C)CCCc2ccc(F)c(Oc3ccccc3)c2)cc1. The lowest BCUT2D eigenvalue weighted by Crippen LogP contribution is -2.17. The monoisotopic (exact) mass is 388 g/mol. The molecule has 0 bridgehead atoms. The summed E-state index contributed by atoms with van der Waals surface area (Å²) in [6.45, 7) is 8.36. The molecule has 0 radical (unpaired) electrons. The Labute approximate surface area is 173 Å². The van der Waals surface area contributed by atoms with Gasteiger partial charge in [-0.1, -0.05) is 68.5 Å². The third kappa shape index (κ3) is 5.80. The van der Waals surface area contributed by atoms with E-state index in [0.29, 0.717) is 5.75 Å². The van der Waals surface area contributed by atoms with E-state index < -0.39 is 0 Å². The van der Waals surface area contributed by atoms with Gasteiger partial charge in [-0.15, -0.1) is 6.58 Å². The summed E-state index contributed by atoms with van der Waals surface area (Å²) in [4.78, 5) is 0. The van der Waals surface area contributed by atoms with Crippen molar-refractivity contribution in [2.24, 2.45) is 0 Å². The highest BCUT2D eigenvalue weighted by atomic mass is 19.1. The van der Waals surface area contributed by atoms with Crippen molar-refractivity contribution in [3.8, 4) is 11.5 Å². The van der Waals surface area contributed by atoms with E-state index in [9.17, 15) is 4.39 Å². The molecule has 0 atom stereocenters. The van der Waals surface area contributed by atoms with Crippen molar-refractivity contribution in [1.29, 1.82) is 0 Å². The average molecular weight is 389 g/mol. The van der Waals surface area contributed by atoms with Gasteiger partial charge in [0.15, 0.2) is 11.6 Å². The van der Waals surface area contributed by atoms with Crippen LogP contribution in [0.25, 0.3) is 0 Å². The quantitative estimate of drug-likeness (QED) is 0.342. The minimum absolute atomic E-state index is 0.0934. The second kappa shape index (κ2) is 9.56. The maximum absolute atomic E-state index is 14.1. The number of aryl methyl sites for hydroxylation is 1. The standard InChI is InChI=1S/C27H29FO/c1-4-9-21-13-16-23(17-14-21)27(2,3)19-8-10-22-15-18-25(28)26(20-22)29-24-11-6-5-7-12-24/h4-7,11-18,20H,1,8-10,19H2,2-3H3. The molecule has 3 rings (SSSR count). The van der Waals surface area contributed by atoms with Crippen molar-refractivity contribution in [2.75, 3.05) is 0 Å². The average Bonchev–Trinajstić information content (AvgIpc) is 2.72. The molecule has 29 heavy (non-hydrogen) atoms. The van der Waals surface area contributed by atoms with E-state index in [0.717, 1.165) is 31.2 Å². The van der Waals surface area contributed by atoms with Gasteiger partial charge >= 0.3 is 0 Å². The Morgan fingerprint density at radius 1 is 0.931 bits per heavy atom. The summed E-state index contributed by atoms with van der Waals surface area (Å²) in [6.07, 6.45) is 5.80. The predicted octanol–water partition coefficient (Wildman–Crippen LogP) is 7.65. The highest BCUT2D eigenvalue weighted by molar-refractivity contribution is 5.35. The van der Waals surface area contributed by atoms with Crippen LogP contribution >= 0.6 is 0 Å². The summed E-state index contributed by atoms with van der Waals surface area (Å²) in [5.41, 5.74) is 3.82. The van der Waals surface area contributed by atoms with Crippen molar-refractivity contribution in [2.45, 2.75) is 44.9 Å². The molecule has 0 saturated heterocycles. The van der Waals surface area contributed by atoms with Gasteiger partial charge < -0.3 is 4.74 Å². The minimum atomic E-state index is -0.336. The second-order valence-corrected chi connectivity index (χ2v) is 8.11. The van der Waals surface area contributed by atoms with Crippen molar-refractivity contribution >= 4 is 0 Å². The lowest BCUT2D eigenvalue weighted by Gasteiger charge is -2.25. The highest BCUT2D eigenvalue weighted by Gasteiger charge is 2.20. The number of benzene rings is 3. The van der Waals surface area contributed by atoms with Gasteiger partial charge in [-0.25, -0.2) is 4.39 Å². The molecule has 0 amide bonds. The van der Waals surface area contributed by atoms with E-state index in [1.54, 1.807) is 0 Å². The third-order valence-corrected chi connectivity index (χ3v) is 5.35. The molecule has 0 aliphatic carbocycles. The lowest BCUT2D eigenvalue weighted by atomic mass is 9.79. The van der Waals surface area contributed by atoms with Gasteiger partial charge in [0.1, 0.15) is 5.75 Å². The van der Waals surface area contributed by atoms with Crippen LogP contribution in [0.4, 0.5) is 4.39 Å². The Morgan fingerprint density at radius 3 is 2.31 bits per heavy atom. The molecular weight excluding hydrogens is 359 g/mol. The molecule has 0 heterocycles. The van der Waals surface area contributed by atoms with Crippen LogP contribution in [0.15, 0.2) is 85.5 Å². The van der Waals surface area contributed by atoms with E-state index in [1.807, 2.05) is 48.5 Å². The fourth-order valence-corrected chi connectivity index (χ4v) is 3.53. The first-order chi connectivity index (χ1) is 14.0. The predicted molar refractivity (Wildman–Crippen MR) is 119 cm³/mol. The molecule has 0 unspecified atom stereocenters. The van der Waals surface area contributed by atoms with Gasteiger partial charge in [0.2, 0.25) is 0 Å². The van der Waals surface area contributed by atoms with E-state index in [4.69, 9.17) is 4.74 Å². The molecule has 2 heteroatoms. The Morgan fingerprint density at radius 2 is 1.62 bits per heavy atom. The summed E-state index contributed by atoms with van der Waals surface area (Å²) in [7, 11) is 0. The zero-order valence-corrected chi connectivity index (χ0v) is 17.3. The number of halogens is 1. The number of rotatable bonds is 9. The van der Waals surface area contributed by atoms with E-state index in [1.165, 1.54) is 17.2 Å². The van der Waals surface area contributed by atoms with Crippen LogP contribution in [0.5, 0.6) is 11.5 Å². The van der Waals surface area contributed by atoms with Crippen LogP contribution in [-0.4, -0.2) is 0 Å².